The number of hydrogen-bond acceptors (Lipinski definition) is 6. The Morgan fingerprint density at radius 1 is 0.296 bits per heavy atom. The van der Waals surface area contributed by atoms with Crippen molar-refractivity contribution in [2.75, 3.05) is 13.2 Å². The lowest BCUT2D eigenvalue weighted by atomic mass is 10.1. The van der Waals surface area contributed by atoms with Crippen LogP contribution in [0.15, 0.2) is 158 Å². The van der Waals surface area contributed by atoms with E-state index in [2.05, 4.69) is 167 Å². The van der Waals surface area contributed by atoms with E-state index in [1.807, 2.05) is 12.2 Å². The van der Waals surface area contributed by atoms with Gasteiger partial charge in [-0.2, -0.15) is 0 Å². The van der Waals surface area contributed by atoms with Crippen LogP contribution in [0.1, 0.15) is 213 Å². The molecule has 0 aliphatic rings. The van der Waals surface area contributed by atoms with Gasteiger partial charge in [-0.25, -0.2) is 0 Å². The lowest BCUT2D eigenvalue weighted by Gasteiger charge is -2.18. The Hall–Kier alpha value is -4.97. The van der Waals surface area contributed by atoms with Crippen LogP contribution >= 0.6 is 0 Å². The average Bonchev–Trinajstić information content (AvgIpc) is 3.37. The Bertz CT molecular complexity index is 1640. The Kier molecular flexibility index (Phi) is 53.6. The van der Waals surface area contributed by atoms with E-state index in [0.29, 0.717) is 12.8 Å². The molecule has 6 heteroatoms. The maximum atomic E-state index is 12.8. The summed E-state index contributed by atoms with van der Waals surface area (Å²) in [4.78, 5) is 38.1. The third-order valence-corrected chi connectivity index (χ3v) is 11.0. The zero-order chi connectivity index (χ0) is 51.4. The van der Waals surface area contributed by atoms with Crippen molar-refractivity contribution in [3.8, 4) is 0 Å². The summed E-state index contributed by atoms with van der Waals surface area (Å²) in [6, 6.07) is 0. The van der Waals surface area contributed by atoms with Gasteiger partial charge in [0, 0.05) is 19.3 Å². The van der Waals surface area contributed by atoms with Gasteiger partial charge in [-0.05, 0) is 135 Å². The van der Waals surface area contributed by atoms with Crippen molar-refractivity contribution in [2.24, 2.45) is 0 Å². The second kappa shape index (κ2) is 57.6. The molecule has 6 nitrogen and oxygen atoms in total. The molecule has 396 valence electrons. The number of hydrogen-bond donors (Lipinski definition) is 0. The summed E-state index contributed by atoms with van der Waals surface area (Å²) in [6.45, 7) is 6.26. The predicted octanol–water partition coefficient (Wildman–Crippen LogP) is 19.0. The number of ether oxygens (including phenoxy) is 3. The largest absolute Gasteiger partial charge is 0.462 e. The highest BCUT2D eigenvalue weighted by molar-refractivity contribution is 5.71. The van der Waals surface area contributed by atoms with Crippen LogP contribution in [-0.4, -0.2) is 37.2 Å². The van der Waals surface area contributed by atoms with Gasteiger partial charge in [0.15, 0.2) is 6.10 Å². The third-order valence-electron chi connectivity index (χ3n) is 11.0. The summed E-state index contributed by atoms with van der Waals surface area (Å²) in [6.07, 6.45) is 83.8. The number of rotatable bonds is 48. The summed E-state index contributed by atoms with van der Waals surface area (Å²) in [7, 11) is 0. The summed E-state index contributed by atoms with van der Waals surface area (Å²) in [5.74, 6) is -1.07. The van der Waals surface area contributed by atoms with Crippen LogP contribution < -0.4 is 0 Å². The van der Waals surface area contributed by atoms with E-state index in [4.69, 9.17) is 14.2 Å². The maximum absolute atomic E-state index is 12.8. The van der Waals surface area contributed by atoms with Crippen LogP contribution in [0.2, 0.25) is 0 Å². The molecule has 0 saturated heterocycles. The SMILES string of the molecule is CC/C=C\C/C=C\C/C=C\C/C=C\C/C=C\C/C=C\CCC(=O)OC[C@H](COC(=O)CCCCC/C=C\C/C=C\C/C=C\C/C=C\C/C=C\CC)OC(=O)CCCCCCC/C=C\C/C=C\CCCCC. The summed E-state index contributed by atoms with van der Waals surface area (Å²) < 4.78 is 16.7. The van der Waals surface area contributed by atoms with E-state index in [9.17, 15) is 14.4 Å². The minimum Gasteiger partial charge on any atom is -0.462 e. The summed E-state index contributed by atoms with van der Waals surface area (Å²) in [5, 5.41) is 0. The number of esters is 3. The Balaban J connectivity index is 4.61. The molecule has 0 spiro atoms. The van der Waals surface area contributed by atoms with Gasteiger partial charge in [-0.1, -0.05) is 217 Å². The van der Waals surface area contributed by atoms with E-state index in [0.717, 1.165) is 141 Å². The Labute approximate surface area is 435 Å². The molecule has 1 atom stereocenters. The van der Waals surface area contributed by atoms with Gasteiger partial charge in [0.25, 0.3) is 0 Å². The van der Waals surface area contributed by atoms with Gasteiger partial charge >= 0.3 is 17.9 Å². The van der Waals surface area contributed by atoms with Crippen molar-refractivity contribution in [1.82, 2.24) is 0 Å². The maximum Gasteiger partial charge on any atom is 0.306 e. The van der Waals surface area contributed by atoms with Crippen LogP contribution in [0, 0.1) is 0 Å². The topological polar surface area (TPSA) is 78.9 Å². The first-order valence-corrected chi connectivity index (χ1v) is 28.0. The standard InChI is InChI=1S/C65H100O6/c1-4-7-10-13-16-19-22-25-28-30-32-34-37-39-42-45-48-51-54-57-63(66)69-60-62(71-65(68)59-56-53-50-47-44-41-36-27-24-21-18-15-12-9-6-3)61-70-64(67)58-55-52-49-46-43-40-38-35-33-31-29-26-23-20-17-14-11-8-5-2/h7-8,10-11,16-21,25-29,32-36,39-40,42-43,48,51,62H,4-6,9,12-15,22-24,30-31,37-38,41,44-47,49-50,52-61H2,1-3H3/b10-7-,11-8-,19-16-,20-17-,21-18-,28-25-,29-26-,34-32-,35-33-,36-27-,42-39-,43-40-,51-48-/t62-/m1/s1. The Morgan fingerprint density at radius 2 is 0.577 bits per heavy atom. The van der Waals surface area contributed by atoms with E-state index in [-0.39, 0.29) is 44.0 Å². The molecule has 0 saturated carbocycles. The fourth-order valence-electron chi connectivity index (χ4n) is 6.88. The fraction of sp³-hybridized carbons (Fsp3) is 0.554. The first-order chi connectivity index (χ1) is 35.0. The number of carbonyl (C=O) groups is 3. The molecule has 0 aliphatic heterocycles. The molecule has 0 amide bonds. The molecule has 0 fully saturated rings. The highest BCUT2D eigenvalue weighted by Gasteiger charge is 2.19. The second-order valence-electron chi connectivity index (χ2n) is 17.7. The van der Waals surface area contributed by atoms with Gasteiger partial charge in [0.1, 0.15) is 13.2 Å². The molecule has 0 heterocycles. The van der Waals surface area contributed by atoms with Gasteiger partial charge in [0.05, 0.1) is 0 Å². The van der Waals surface area contributed by atoms with Crippen LogP contribution in [-0.2, 0) is 28.6 Å². The quantitative estimate of drug-likeness (QED) is 0.0262. The molecule has 0 aromatic carbocycles. The zero-order valence-corrected chi connectivity index (χ0v) is 45.2. The highest BCUT2D eigenvalue weighted by atomic mass is 16.6. The minimum atomic E-state index is -0.838. The highest BCUT2D eigenvalue weighted by Crippen LogP contribution is 2.12. The number of unbranched alkanes of at least 4 members (excludes halogenated alkanes) is 11. The van der Waals surface area contributed by atoms with Crippen molar-refractivity contribution in [3.63, 3.8) is 0 Å². The predicted molar refractivity (Wildman–Crippen MR) is 306 cm³/mol. The van der Waals surface area contributed by atoms with Crippen molar-refractivity contribution >= 4 is 17.9 Å². The average molecular weight is 978 g/mol. The van der Waals surface area contributed by atoms with Crippen molar-refractivity contribution in [2.45, 2.75) is 219 Å². The molecule has 0 aliphatic carbocycles. The van der Waals surface area contributed by atoms with E-state index >= 15 is 0 Å². The summed E-state index contributed by atoms with van der Waals surface area (Å²) in [5.41, 5.74) is 0. The van der Waals surface area contributed by atoms with Gasteiger partial charge in [-0.15, -0.1) is 0 Å². The number of allylic oxidation sites excluding steroid dienone is 26. The van der Waals surface area contributed by atoms with Crippen LogP contribution in [0.3, 0.4) is 0 Å². The first-order valence-electron chi connectivity index (χ1n) is 28.0. The molecule has 71 heavy (non-hydrogen) atoms. The lowest BCUT2D eigenvalue weighted by molar-refractivity contribution is -0.166. The minimum absolute atomic E-state index is 0.132. The second-order valence-corrected chi connectivity index (χ2v) is 17.7. The molecule has 0 N–H and O–H groups in total. The third kappa shape index (κ3) is 55.8. The molecular formula is C65H100O6. The normalized spacial score (nSPS) is 13.3. The van der Waals surface area contributed by atoms with Gasteiger partial charge < -0.3 is 14.2 Å². The Morgan fingerprint density at radius 3 is 0.958 bits per heavy atom. The molecule has 0 aromatic heterocycles. The summed E-state index contributed by atoms with van der Waals surface area (Å²) >= 11 is 0. The van der Waals surface area contributed by atoms with Gasteiger partial charge in [0.2, 0.25) is 0 Å². The first kappa shape index (κ1) is 66.0. The molecular weight excluding hydrogens is 877 g/mol. The van der Waals surface area contributed by atoms with E-state index in [1.165, 1.54) is 25.7 Å². The van der Waals surface area contributed by atoms with E-state index in [1.54, 1.807) is 0 Å². The fourth-order valence-corrected chi connectivity index (χ4v) is 6.88. The lowest BCUT2D eigenvalue weighted by Crippen LogP contribution is -2.30. The monoisotopic (exact) mass is 977 g/mol. The van der Waals surface area contributed by atoms with Crippen LogP contribution in [0.5, 0.6) is 0 Å². The number of carbonyl (C=O) groups excluding carboxylic acids is 3. The van der Waals surface area contributed by atoms with Crippen molar-refractivity contribution < 1.29 is 28.6 Å². The van der Waals surface area contributed by atoms with Gasteiger partial charge in [-0.3, -0.25) is 14.4 Å². The van der Waals surface area contributed by atoms with Crippen molar-refractivity contribution in [1.29, 1.82) is 0 Å². The van der Waals surface area contributed by atoms with Crippen LogP contribution in [0.4, 0.5) is 0 Å². The smallest absolute Gasteiger partial charge is 0.306 e. The van der Waals surface area contributed by atoms with E-state index < -0.39 is 6.10 Å². The molecule has 0 bridgehead atoms. The molecule has 0 rings (SSSR count). The van der Waals surface area contributed by atoms with Crippen LogP contribution in [0.25, 0.3) is 0 Å². The van der Waals surface area contributed by atoms with Crippen molar-refractivity contribution in [3.05, 3.63) is 158 Å². The molecule has 0 radical (unpaired) electrons. The zero-order valence-electron chi connectivity index (χ0n) is 45.2. The molecule has 0 unspecified atom stereocenters. The molecule has 0 aromatic rings.